The summed E-state index contributed by atoms with van der Waals surface area (Å²) in [7, 11) is -4.07. The summed E-state index contributed by atoms with van der Waals surface area (Å²) in [6, 6.07) is 10.6. The van der Waals surface area contributed by atoms with Gasteiger partial charge in [-0.3, -0.25) is 9.59 Å². The van der Waals surface area contributed by atoms with Crippen molar-refractivity contribution in [1.82, 2.24) is 9.62 Å². The van der Waals surface area contributed by atoms with Crippen LogP contribution in [0.15, 0.2) is 47.4 Å². The van der Waals surface area contributed by atoms with E-state index in [0.29, 0.717) is 5.39 Å². The molecular weight excluding hydrogens is 344 g/mol. The van der Waals surface area contributed by atoms with Gasteiger partial charge >= 0.3 is 5.97 Å². The van der Waals surface area contributed by atoms with Gasteiger partial charge in [0.15, 0.2) is 0 Å². The van der Waals surface area contributed by atoms with Crippen molar-refractivity contribution >= 4 is 32.7 Å². The number of benzene rings is 2. The lowest BCUT2D eigenvalue weighted by molar-refractivity contribution is -0.140. The molecule has 0 aliphatic carbocycles. The molecule has 25 heavy (non-hydrogen) atoms. The molecular formula is C17H20N2O5S. The van der Waals surface area contributed by atoms with Crippen molar-refractivity contribution in [1.29, 1.82) is 0 Å². The van der Waals surface area contributed by atoms with Gasteiger partial charge in [-0.15, -0.1) is 0 Å². The van der Waals surface area contributed by atoms with Gasteiger partial charge in [-0.2, -0.15) is 4.31 Å². The van der Waals surface area contributed by atoms with E-state index in [4.69, 9.17) is 0 Å². The second kappa shape index (κ2) is 7.62. The number of fused-ring (bicyclic) bond motifs is 1. The number of nitrogens with one attached hydrogen (secondary N) is 1. The number of nitrogens with zero attached hydrogens (tertiary/aromatic N) is 1. The minimum absolute atomic E-state index is 0.0248. The van der Waals surface area contributed by atoms with Crippen LogP contribution in [0.3, 0.4) is 0 Å². The Kier molecular flexibility index (Phi) is 5.76. The Morgan fingerprint density at radius 2 is 1.80 bits per heavy atom. The Hall–Kier alpha value is -2.45. The first-order valence-corrected chi connectivity index (χ1v) is 9.16. The molecule has 1 unspecified atom stereocenters. The van der Waals surface area contributed by atoms with E-state index in [-0.39, 0.29) is 23.9 Å². The van der Waals surface area contributed by atoms with Crippen LogP contribution in [0.1, 0.15) is 13.8 Å². The summed E-state index contributed by atoms with van der Waals surface area (Å²) in [5.74, 6) is -1.57. The summed E-state index contributed by atoms with van der Waals surface area (Å²) in [5, 5.41) is 13.0. The number of amides is 1. The second-order valence-electron chi connectivity index (χ2n) is 5.59. The van der Waals surface area contributed by atoms with Crippen LogP contribution in [0.25, 0.3) is 10.8 Å². The van der Waals surface area contributed by atoms with Gasteiger partial charge in [0, 0.05) is 25.4 Å². The molecule has 0 saturated carbocycles. The molecule has 0 bridgehead atoms. The zero-order valence-corrected chi connectivity index (χ0v) is 14.8. The highest BCUT2D eigenvalue weighted by molar-refractivity contribution is 7.89. The average Bonchev–Trinajstić information content (AvgIpc) is 2.57. The summed E-state index contributed by atoms with van der Waals surface area (Å²) >= 11 is 0. The topological polar surface area (TPSA) is 104 Å². The van der Waals surface area contributed by atoms with Gasteiger partial charge in [0.2, 0.25) is 15.9 Å². The maximum Gasteiger partial charge on any atom is 0.321 e. The van der Waals surface area contributed by atoms with E-state index in [0.717, 1.165) is 9.69 Å². The van der Waals surface area contributed by atoms with Crippen molar-refractivity contribution in [2.24, 2.45) is 0 Å². The largest absolute Gasteiger partial charge is 0.480 e. The Bertz CT molecular complexity index is 890. The van der Waals surface area contributed by atoms with Crippen molar-refractivity contribution < 1.29 is 23.1 Å². The third kappa shape index (κ3) is 4.15. The molecule has 134 valence electrons. The molecule has 0 spiro atoms. The standard InChI is InChI=1S/C17H20N2O5S/c1-12(17(21)22)19(11-10-18-13(2)20)25(23,24)16-9-5-7-14-6-3-4-8-15(14)16/h3-9,12H,10-11H2,1-2H3,(H,18,20)(H,21,22). The summed E-state index contributed by atoms with van der Waals surface area (Å²) in [6.45, 7) is 2.50. The molecule has 0 heterocycles. The smallest absolute Gasteiger partial charge is 0.321 e. The number of aliphatic carboxylic acids is 1. The number of hydrogen-bond donors (Lipinski definition) is 2. The maximum atomic E-state index is 13.1. The molecule has 2 N–H and O–H groups in total. The summed E-state index contributed by atoms with van der Waals surface area (Å²) in [5.41, 5.74) is 0. The van der Waals surface area contributed by atoms with Gasteiger partial charge < -0.3 is 10.4 Å². The van der Waals surface area contributed by atoms with Crippen molar-refractivity contribution in [3.63, 3.8) is 0 Å². The number of rotatable bonds is 7. The number of carboxylic acid groups (broad SMARTS) is 1. The van der Waals surface area contributed by atoms with Crippen LogP contribution >= 0.6 is 0 Å². The van der Waals surface area contributed by atoms with Crippen LogP contribution in [-0.4, -0.2) is 48.8 Å². The fourth-order valence-electron chi connectivity index (χ4n) is 2.53. The molecule has 0 saturated heterocycles. The van der Waals surface area contributed by atoms with E-state index in [1.54, 1.807) is 36.4 Å². The van der Waals surface area contributed by atoms with E-state index in [9.17, 15) is 23.1 Å². The highest BCUT2D eigenvalue weighted by Gasteiger charge is 2.33. The van der Waals surface area contributed by atoms with Crippen LogP contribution in [-0.2, 0) is 19.6 Å². The number of hydrogen-bond acceptors (Lipinski definition) is 4. The van der Waals surface area contributed by atoms with E-state index in [2.05, 4.69) is 5.32 Å². The Morgan fingerprint density at radius 3 is 2.44 bits per heavy atom. The molecule has 7 nitrogen and oxygen atoms in total. The molecule has 0 aliphatic rings. The molecule has 0 fully saturated rings. The zero-order valence-electron chi connectivity index (χ0n) is 14.0. The van der Waals surface area contributed by atoms with Crippen LogP contribution in [0, 0.1) is 0 Å². The first kappa shape index (κ1) is 18.9. The molecule has 2 aromatic rings. The highest BCUT2D eigenvalue weighted by atomic mass is 32.2. The molecule has 0 aliphatic heterocycles. The van der Waals surface area contributed by atoms with Gasteiger partial charge in [-0.05, 0) is 18.4 Å². The molecule has 2 aromatic carbocycles. The summed E-state index contributed by atoms with van der Waals surface area (Å²) in [4.78, 5) is 22.5. The second-order valence-corrected chi connectivity index (χ2v) is 7.45. The van der Waals surface area contributed by atoms with Crippen molar-refractivity contribution in [2.45, 2.75) is 24.8 Å². The van der Waals surface area contributed by atoms with Gasteiger partial charge in [0.1, 0.15) is 6.04 Å². The first-order chi connectivity index (χ1) is 11.7. The fraction of sp³-hybridized carbons (Fsp3) is 0.294. The summed E-state index contributed by atoms with van der Waals surface area (Å²) in [6.07, 6.45) is 0. The lowest BCUT2D eigenvalue weighted by Crippen LogP contribution is -2.46. The van der Waals surface area contributed by atoms with Gasteiger partial charge in [0.05, 0.1) is 4.90 Å². The molecule has 1 amide bonds. The SMILES string of the molecule is CC(=O)NCCN(C(C)C(=O)O)S(=O)(=O)c1cccc2ccccc12. The predicted molar refractivity (Wildman–Crippen MR) is 93.6 cm³/mol. The maximum absolute atomic E-state index is 13.1. The van der Waals surface area contributed by atoms with Crippen molar-refractivity contribution in [2.75, 3.05) is 13.1 Å². The van der Waals surface area contributed by atoms with E-state index >= 15 is 0 Å². The van der Waals surface area contributed by atoms with Crippen molar-refractivity contribution in [3.05, 3.63) is 42.5 Å². The molecule has 0 aromatic heterocycles. The lowest BCUT2D eigenvalue weighted by Gasteiger charge is -2.26. The molecule has 8 heteroatoms. The number of carbonyl (C=O) groups excluding carboxylic acids is 1. The Balaban J connectivity index is 2.49. The van der Waals surface area contributed by atoms with Gasteiger partial charge in [-0.1, -0.05) is 36.4 Å². The monoisotopic (exact) mass is 364 g/mol. The lowest BCUT2D eigenvalue weighted by atomic mass is 10.1. The van der Waals surface area contributed by atoms with Gasteiger partial charge in [0.25, 0.3) is 0 Å². The molecule has 1 atom stereocenters. The van der Waals surface area contributed by atoms with Crippen LogP contribution in [0.5, 0.6) is 0 Å². The van der Waals surface area contributed by atoms with E-state index < -0.39 is 22.0 Å². The third-order valence-corrected chi connectivity index (χ3v) is 5.86. The molecule has 2 rings (SSSR count). The minimum atomic E-state index is -4.07. The average molecular weight is 364 g/mol. The quantitative estimate of drug-likeness (QED) is 0.774. The molecule has 0 radical (unpaired) electrons. The highest BCUT2D eigenvalue weighted by Crippen LogP contribution is 2.26. The fourth-order valence-corrected chi connectivity index (χ4v) is 4.34. The minimum Gasteiger partial charge on any atom is -0.480 e. The van der Waals surface area contributed by atoms with E-state index in [1.165, 1.54) is 19.9 Å². The first-order valence-electron chi connectivity index (χ1n) is 7.72. The Labute approximate surface area is 146 Å². The normalized spacial score (nSPS) is 12.9. The van der Waals surface area contributed by atoms with Gasteiger partial charge in [-0.25, -0.2) is 8.42 Å². The van der Waals surface area contributed by atoms with Crippen LogP contribution in [0.2, 0.25) is 0 Å². The number of carbonyl (C=O) groups is 2. The summed E-state index contributed by atoms with van der Waals surface area (Å²) < 4.78 is 27.1. The zero-order chi connectivity index (χ0) is 18.6. The van der Waals surface area contributed by atoms with Crippen LogP contribution in [0.4, 0.5) is 0 Å². The number of carboxylic acids is 1. The third-order valence-electron chi connectivity index (χ3n) is 3.83. The van der Waals surface area contributed by atoms with Crippen LogP contribution < -0.4 is 5.32 Å². The van der Waals surface area contributed by atoms with Crippen molar-refractivity contribution in [3.8, 4) is 0 Å². The van der Waals surface area contributed by atoms with E-state index in [1.807, 2.05) is 0 Å². The Morgan fingerprint density at radius 1 is 1.16 bits per heavy atom. The number of sulfonamides is 1. The predicted octanol–water partition coefficient (Wildman–Crippen LogP) is 1.44.